The molecule has 0 radical (unpaired) electrons. The van der Waals surface area contributed by atoms with Gasteiger partial charge in [-0.1, -0.05) is 0 Å². The zero-order chi connectivity index (χ0) is 8.72. The van der Waals surface area contributed by atoms with Crippen LogP contribution >= 0.6 is 0 Å². The van der Waals surface area contributed by atoms with E-state index in [-0.39, 0.29) is 5.69 Å². The number of rotatable bonds is 0. The smallest absolute Gasteiger partial charge is 0.176 e. The Hall–Kier alpha value is -1.71. The van der Waals surface area contributed by atoms with Crippen LogP contribution in [0.2, 0.25) is 0 Å². The predicted octanol–water partition coefficient (Wildman–Crippen LogP) is 1.59. The molecule has 1 aromatic carbocycles. The van der Waals surface area contributed by atoms with E-state index in [1.807, 2.05) is 0 Å². The van der Waals surface area contributed by atoms with E-state index in [1.165, 1.54) is 6.07 Å². The zero-order valence-electron chi connectivity index (χ0n) is 6.13. The Balaban J connectivity index is 2.94. The van der Waals surface area contributed by atoms with Gasteiger partial charge in [0.25, 0.3) is 0 Å². The van der Waals surface area contributed by atoms with Crippen molar-refractivity contribution in [2.24, 2.45) is 0 Å². The number of anilines is 1. The molecule has 0 fully saturated rings. The maximum atomic E-state index is 12.8. The van der Waals surface area contributed by atoms with E-state index in [4.69, 9.17) is 10.8 Å². The second kappa shape index (κ2) is 2.14. The predicted molar refractivity (Wildman–Crippen MR) is 44.3 cm³/mol. The van der Waals surface area contributed by atoms with Gasteiger partial charge < -0.3 is 15.8 Å². The van der Waals surface area contributed by atoms with E-state index >= 15 is 0 Å². The monoisotopic (exact) mass is 166 g/mol. The summed E-state index contributed by atoms with van der Waals surface area (Å²) in [7, 11) is 0. The lowest BCUT2D eigenvalue weighted by atomic mass is 10.2. The molecule has 1 heterocycles. The van der Waals surface area contributed by atoms with Gasteiger partial charge in [-0.2, -0.15) is 0 Å². The Morgan fingerprint density at radius 1 is 1.50 bits per heavy atom. The standard InChI is InChI=1S/C8H7FN2O/c9-5-3-4-1-2-11-7(4)6(10)8(5)12/h1-3,11-12H,10H2. The van der Waals surface area contributed by atoms with E-state index in [2.05, 4.69) is 4.98 Å². The molecular weight excluding hydrogens is 159 g/mol. The third kappa shape index (κ3) is 0.747. The Bertz CT molecular complexity index is 436. The van der Waals surface area contributed by atoms with Crippen molar-refractivity contribution in [2.45, 2.75) is 0 Å². The Morgan fingerprint density at radius 2 is 2.25 bits per heavy atom. The summed E-state index contributed by atoms with van der Waals surface area (Å²) in [6.07, 6.45) is 1.64. The van der Waals surface area contributed by atoms with E-state index in [9.17, 15) is 4.39 Å². The largest absolute Gasteiger partial charge is 0.503 e. The number of phenols is 1. The molecule has 2 rings (SSSR count). The summed E-state index contributed by atoms with van der Waals surface area (Å²) in [4.78, 5) is 2.80. The molecule has 0 saturated carbocycles. The maximum absolute atomic E-state index is 12.8. The second-order valence-electron chi connectivity index (χ2n) is 2.56. The molecular formula is C8H7FN2O. The van der Waals surface area contributed by atoms with Gasteiger partial charge in [-0.3, -0.25) is 0 Å². The molecule has 0 aliphatic carbocycles. The summed E-state index contributed by atoms with van der Waals surface area (Å²) < 4.78 is 12.8. The van der Waals surface area contributed by atoms with Crippen molar-refractivity contribution in [1.82, 2.24) is 4.98 Å². The van der Waals surface area contributed by atoms with Crippen LogP contribution in [0.1, 0.15) is 0 Å². The van der Waals surface area contributed by atoms with Crippen LogP contribution in [-0.2, 0) is 0 Å². The first-order valence-corrected chi connectivity index (χ1v) is 3.44. The number of nitrogen functional groups attached to an aromatic ring is 1. The molecule has 0 atom stereocenters. The number of phenolic OH excluding ortho intramolecular Hbond substituents is 1. The van der Waals surface area contributed by atoms with Gasteiger partial charge in [0.2, 0.25) is 0 Å². The Labute approximate surface area is 67.6 Å². The number of nitrogens with one attached hydrogen (secondary N) is 1. The second-order valence-corrected chi connectivity index (χ2v) is 2.56. The van der Waals surface area contributed by atoms with Gasteiger partial charge in [0.05, 0.1) is 5.52 Å². The molecule has 0 bridgehead atoms. The summed E-state index contributed by atoms with van der Waals surface area (Å²) in [6.45, 7) is 0. The van der Waals surface area contributed by atoms with Crippen molar-refractivity contribution >= 4 is 16.6 Å². The number of benzene rings is 1. The fourth-order valence-corrected chi connectivity index (χ4v) is 1.19. The van der Waals surface area contributed by atoms with Gasteiger partial charge in [0.15, 0.2) is 11.6 Å². The van der Waals surface area contributed by atoms with Crippen LogP contribution in [0.4, 0.5) is 10.1 Å². The van der Waals surface area contributed by atoms with Gasteiger partial charge in [0.1, 0.15) is 5.69 Å². The minimum absolute atomic E-state index is 0.0509. The van der Waals surface area contributed by atoms with Gasteiger partial charge in [-0.25, -0.2) is 4.39 Å². The van der Waals surface area contributed by atoms with E-state index in [1.54, 1.807) is 12.3 Å². The average molecular weight is 166 g/mol. The number of hydrogen-bond donors (Lipinski definition) is 3. The van der Waals surface area contributed by atoms with Crippen LogP contribution in [0, 0.1) is 5.82 Å². The number of aromatic nitrogens is 1. The molecule has 3 nitrogen and oxygen atoms in total. The zero-order valence-corrected chi connectivity index (χ0v) is 6.13. The minimum Gasteiger partial charge on any atom is -0.503 e. The third-order valence-electron chi connectivity index (χ3n) is 1.81. The Kier molecular flexibility index (Phi) is 1.24. The van der Waals surface area contributed by atoms with Gasteiger partial charge in [-0.05, 0) is 12.1 Å². The fourth-order valence-electron chi connectivity index (χ4n) is 1.19. The fraction of sp³-hybridized carbons (Fsp3) is 0. The lowest BCUT2D eigenvalue weighted by molar-refractivity contribution is 0.436. The summed E-state index contributed by atoms with van der Waals surface area (Å²) in [6, 6.07) is 2.92. The van der Waals surface area contributed by atoms with Crippen LogP contribution in [0.15, 0.2) is 18.3 Å². The molecule has 2 aromatic rings. The lowest BCUT2D eigenvalue weighted by Crippen LogP contribution is -1.89. The SMILES string of the molecule is Nc1c(O)c(F)cc2cc[nH]c12. The average Bonchev–Trinajstić information content (AvgIpc) is 2.48. The third-order valence-corrected chi connectivity index (χ3v) is 1.81. The van der Waals surface area contributed by atoms with Crippen LogP contribution < -0.4 is 5.73 Å². The van der Waals surface area contributed by atoms with Crippen LogP contribution in [0.5, 0.6) is 5.75 Å². The molecule has 4 N–H and O–H groups in total. The first-order valence-electron chi connectivity index (χ1n) is 3.44. The van der Waals surface area contributed by atoms with Crippen molar-refractivity contribution in [2.75, 3.05) is 5.73 Å². The van der Waals surface area contributed by atoms with Crippen LogP contribution in [0.25, 0.3) is 10.9 Å². The maximum Gasteiger partial charge on any atom is 0.176 e. The van der Waals surface area contributed by atoms with Crippen molar-refractivity contribution in [3.63, 3.8) is 0 Å². The highest BCUT2D eigenvalue weighted by atomic mass is 19.1. The Morgan fingerprint density at radius 3 is 3.00 bits per heavy atom. The summed E-state index contributed by atoms with van der Waals surface area (Å²) in [5.41, 5.74) is 6.06. The number of halogens is 1. The summed E-state index contributed by atoms with van der Waals surface area (Å²) in [5.74, 6) is -1.19. The van der Waals surface area contributed by atoms with E-state index in [0.29, 0.717) is 10.9 Å². The lowest BCUT2D eigenvalue weighted by Gasteiger charge is -2.00. The van der Waals surface area contributed by atoms with Crippen molar-refractivity contribution in [1.29, 1.82) is 0 Å². The molecule has 0 amide bonds. The van der Waals surface area contributed by atoms with Gasteiger partial charge in [-0.15, -0.1) is 0 Å². The number of aromatic amines is 1. The van der Waals surface area contributed by atoms with Crippen molar-refractivity contribution in [3.05, 3.63) is 24.1 Å². The summed E-state index contributed by atoms with van der Waals surface area (Å²) >= 11 is 0. The highest BCUT2D eigenvalue weighted by Gasteiger charge is 2.09. The number of nitrogens with two attached hydrogens (primary N) is 1. The first kappa shape index (κ1) is 6.97. The van der Waals surface area contributed by atoms with Gasteiger partial charge >= 0.3 is 0 Å². The number of fused-ring (bicyclic) bond motifs is 1. The highest BCUT2D eigenvalue weighted by molar-refractivity contribution is 5.93. The van der Waals surface area contributed by atoms with E-state index in [0.717, 1.165) is 0 Å². The molecule has 0 aliphatic rings. The molecule has 62 valence electrons. The molecule has 0 unspecified atom stereocenters. The molecule has 0 saturated heterocycles. The quantitative estimate of drug-likeness (QED) is 0.411. The van der Waals surface area contributed by atoms with Crippen LogP contribution in [-0.4, -0.2) is 10.1 Å². The van der Waals surface area contributed by atoms with Crippen molar-refractivity contribution < 1.29 is 9.50 Å². The molecule has 1 aromatic heterocycles. The summed E-state index contributed by atoms with van der Waals surface area (Å²) in [5, 5.41) is 9.76. The first-order chi connectivity index (χ1) is 5.70. The number of aromatic hydroxyl groups is 1. The van der Waals surface area contributed by atoms with Crippen molar-refractivity contribution in [3.8, 4) is 5.75 Å². The molecule has 0 aliphatic heterocycles. The minimum atomic E-state index is -0.695. The molecule has 12 heavy (non-hydrogen) atoms. The van der Waals surface area contributed by atoms with Crippen LogP contribution in [0.3, 0.4) is 0 Å². The topological polar surface area (TPSA) is 62.0 Å². The van der Waals surface area contributed by atoms with Gasteiger partial charge in [0, 0.05) is 11.6 Å². The van der Waals surface area contributed by atoms with E-state index < -0.39 is 11.6 Å². The number of hydrogen-bond acceptors (Lipinski definition) is 2. The number of H-pyrrole nitrogens is 1. The molecule has 0 spiro atoms. The highest BCUT2D eigenvalue weighted by Crippen LogP contribution is 2.31. The molecule has 4 heteroatoms. The normalized spacial score (nSPS) is 10.8.